The lowest BCUT2D eigenvalue weighted by molar-refractivity contribution is 0.591. The topological polar surface area (TPSA) is 85.1 Å². The van der Waals surface area contributed by atoms with Crippen molar-refractivity contribution in [3.8, 4) is 0 Å². The van der Waals surface area contributed by atoms with E-state index < -0.39 is 15.8 Å². The van der Waals surface area contributed by atoms with Gasteiger partial charge in [0.25, 0.3) is 10.0 Å². The first-order valence-corrected chi connectivity index (χ1v) is 7.29. The molecule has 3 N–H and O–H groups in total. The second-order valence-corrected chi connectivity index (χ2v) is 6.07. The van der Waals surface area contributed by atoms with Gasteiger partial charge in [-0.1, -0.05) is 0 Å². The van der Waals surface area contributed by atoms with Crippen LogP contribution in [0.2, 0.25) is 0 Å². The highest BCUT2D eigenvalue weighted by Gasteiger charge is 2.20. The highest BCUT2D eigenvalue weighted by molar-refractivity contribution is 7.92. The fourth-order valence-corrected chi connectivity index (χ4v) is 3.02. The third kappa shape index (κ3) is 2.88. The lowest BCUT2D eigenvalue weighted by atomic mass is 10.2. The number of sulfonamides is 1. The van der Waals surface area contributed by atoms with Crippen LogP contribution in [0.1, 0.15) is 11.3 Å². The van der Waals surface area contributed by atoms with Gasteiger partial charge in [0.1, 0.15) is 5.82 Å². The van der Waals surface area contributed by atoms with E-state index in [1.165, 1.54) is 19.2 Å². The monoisotopic (exact) mass is 295 g/mol. The summed E-state index contributed by atoms with van der Waals surface area (Å²) in [6.45, 7) is 3.17. The minimum absolute atomic E-state index is 0.0202. The van der Waals surface area contributed by atoms with Crippen molar-refractivity contribution in [2.75, 3.05) is 10.5 Å². The molecule has 1 heterocycles. The second-order valence-electron chi connectivity index (χ2n) is 4.42. The van der Waals surface area contributed by atoms with Crippen molar-refractivity contribution in [1.29, 1.82) is 0 Å². The van der Waals surface area contributed by atoms with Crippen LogP contribution in [0.5, 0.6) is 0 Å². The summed E-state index contributed by atoms with van der Waals surface area (Å²) < 4.78 is 40.4. The fourth-order valence-electron chi connectivity index (χ4n) is 1.69. The van der Waals surface area contributed by atoms with Crippen LogP contribution in [0.3, 0.4) is 0 Å². The number of nitrogens with two attached hydrogens (primary N) is 1. The normalized spacial score (nSPS) is 11.3. The van der Waals surface area contributed by atoms with Gasteiger partial charge in [-0.2, -0.15) is 0 Å². The molecule has 20 heavy (non-hydrogen) atoms. The summed E-state index contributed by atoms with van der Waals surface area (Å²) in [5.41, 5.74) is 6.63. The van der Waals surface area contributed by atoms with Crippen molar-refractivity contribution < 1.29 is 12.8 Å². The van der Waals surface area contributed by atoms with E-state index in [0.29, 0.717) is 5.69 Å². The minimum Gasteiger partial charge on any atom is -0.399 e. The van der Waals surface area contributed by atoms with Gasteiger partial charge in [0.15, 0.2) is 0 Å². The van der Waals surface area contributed by atoms with Crippen molar-refractivity contribution in [3.63, 3.8) is 0 Å². The molecule has 1 aromatic heterocycles. The maximum absolute atomic E-state index is 13.6. The summed E-state index contributed by atoms with van der Waals surface area (Å²) in [5, 5.41) is 0. The number of hydrogen-bond donors (Lipinski definition) is 2. The number of nitrogens with zero attached hydrogens (tertiary/aromatic N) is 1. The van der Waals surface area contributed by atoms with Crippen LogP contribution in [-0.4, -0.2) is 13.4 Å². The van der Waals surface area contributed by atoms with Gasteiger partial charge in [0, 0.05) is 16.9 Å². The van der Waals surface area contributed by atoms with Gasteiger partial charge < -0.3 is 5.73 Å². The molecule has 0 unspecified atom stereocenters. The highest BCUT2D eigenvalue weighted by atomic mass is 32.2. The third-order valence-electron chi connectivity index (χ3n) is 2.77. The highest BCUT2D eigenvalue weighted by Crippen LogP contribution is 2.23. The van der Waals surface area contributed by atoms with E-state index in [-0.39, 0.29) is 16.1 Å². The van der Waals surface area contributed by atoms with Crippen LogP contribution in [0, 0.1) is 19.7 Å². The van der Waals surface area contributed by atoms with E-state index in [4.69, 9.17) is 5.73 Å². The van der Waals surface area contributed by atoms with E-state index in [1.807, 2.05) is 0 Å². The molecule has 0 saturated heterocycles. The van der Waals surface area contributed by atoms with Crippen molar-refractivity contribution in [2.45, 2.75) is 18.7 Å². The molecule has 0 saturated carbocycles. The molecule has 106 valence electrons. The van der Waals surface area contributed by atoms with Gasteiger partial charge in [-0.05, 0) is 38.1 Å². The number of nitrogen functional groups attached to an aromatic ring is 1. The Morgan fingerprint density at radius 3 is 2.55 bits per heavy atom. The van der Waals surface area contributed by atoms with Crippen molar-refractivity contribution >= 4 is 21.4 Å². The standard InChI is InChI=1S/C13H14FN3O2S/c1-8-3-4-11(7-16-8)17-20(18,19)13-6-10(15)5-12(14)9(13)2/h3-7,17H,15H2,1-2H3. The molecule has 5 nitrogen and oxygen atoms in total. The largest absolute Gasteiger partial charge is 0.399 e. The average molecular weight is 295 g/mol. The van der Waals surface area contributed by atoms with Crippen LogP contribution in [0.25, 0.3) is 0 Å². The van der Waals surface area contributed by atoms with E-state index in [9.17, 15) is 12.8 Å². The number of aryl methyl sites for hydroxylation is 1. The molecule has 0 fully saturated rings. The van der Waals surface area contributed by atoms with Gasteiger partial charge in [0.05, 0.1) is 16.8 Å². The smallest absolute Gasteiger partial charge is 0.262 e. The Morgan fingerprint density at radius 2 is 1.95 bits per heavy atom. The molecular formula is C13H14FN3O2S. The molecule has 0 aliphatic carbocycles. The van der Waals surface area contributed by atoms with Crippen LogP contribution in [-0.2, 0) is 10.0 Å². The van der Waals surface area contributed by atoms with Crippen LogP contribution < -0.4 is 10.5 Å². The molecule has 0 atom stereocenters. The first-order valence-electron chi connectivity index (χ1n) is 5.81. The molecule has 2 aromatic rings. The zero-order chi connectivity index (χ0) is 14.9. The Kier molecular flexibility index (Phi) is 3.63. The van der Waals surface area contributed by atoms with Crippen molar-refractivity contribution in [3.05, 3.63) is 47.5 Å². The van der Waals surface area contributed by atoms with E-state index in [0.717, 1.165) is 11.8 Å². The maximum atomic E-state index is 13.6. The molecule has 0 amide bonds. The van der Waals surface area contributed by atoms with Gasteiger partial charge >= 0.3 is 0 Å². The van der Waals surface area contributed by atoms with E-state index in [1.54, 1.807) is 19.1 Å². The van der Waals surface area contributed by atoms with Gasteiger partial charge in [-0.3, -0.25) is 9.71 Å². The molecule has 0 aliphatic heterocycles. The number of rotatable bonds is 3. The van der Waals surface area contributed by atoms with Gasteiger partial charge in [-0.15, -0.1) is 0 Å². The Hall–Kier alpha value is -2.15. The lowest BCUT2D eigenvalue weighted by Crippen LogP contribution is -2.15. The number of benzene rings is 1. The minimum atomic E-state index is -3.91. The first kappa shape index (κ1) is 14.3. The molecular weight excluding hydrogens is 281 g/mol. The van der Waals surface area contributed by atoms with Crippen LogP contribution in [0.15, 0.2) is 35.4 Å². The van der Waals surface area contributed by atoms with Crippen LogP contribution in [0.4, 0.5) is 15.8 Å². The number of anilines is 2. The van der Waals surface area contributed by atoms with Crippen LogP contribution >= 0.6 is 0 Å². The SMILES string of the molecule is Cc1ccc(NS(=O)(=O)c2cc(N)cc(F)c2C)cn1. The van der Waals surface area contributed by atoms with Crippen molar-refractivity contribution in [2.24, 2.45) is 0 Å². The third-order valence-corrected chi connectivity index (χ3v) is 4.28. The average Bonchev–Trinajstić information content (AvgIpc) is 2.36. The summed E-state index contributed by atoms with van der Waals surface area (Å²) in [7, 11) is -3.91. The summed E-state index contributed by atoms with van der Waals surface area (Å²) in [6, 6.07) is 5.56. The molecule has 0 spiro atoms. The van der Waals surface area contributed by atoms with E-state index >= 15 is 0 Å². The summed E-state index contributed by atoms with van der Waals surface area (Å²) in [4.78, 5) is 3.80. The first-order chi connectivity index (χ1) is 9.29. The van der Waals surface area contributed by atoms with E-state index in [2.05, 4.69) is 9.71 Å². The number of pyridine rings is 1. The molecule has 0 aliphatic rings. The molecule has 0 bridgehead atoms. The Labute approximate surface area is 116 Å². The van der Waals surface area contributed by atoms with Crippen molar-refractivity contribution in [1.82, 2.24) is 4.98 Å². The predicted octanol–water partition coefficient (Wildman–Crippen LogP) is 2.22. The Balaban J connectivity index is 2.43. The number of halogens is 1. The van der Waals surface area contributed by atoms with Gasteiger partial charge in [0.2, 0.25) is 0 Å². The molecule has 2 rings (SSSR count). The fraction of sp³-hybridized carbons (Fsp3) is 0.154. The summed E-state index contributed by atoms with van der Waals surface area (Å²) >= 11 is 0. The van der Waals surface area contributed by atoms with Gasteiger partial charge in [-0.25, -0.2) is 12.8 Å². The number of nitrogens with one attached hydrogen (secondary N) is 1. The summed E-state index contributed by atoms with van der Waals surface area (Å²) in [6.07, 6.45) is 1.39. The molecule has 1 aromatic carbocycles. The zero-order valence-corrected chi connectivity index (χ0v) is 11.8. The maximum Gasteiger partial charge on any atom is 0.262 e. The molecule has 7 heteroatoms. The summed E-state index contributed by atoms with van der Waals surface area (Å²) in [5.74, 6) is -0.660. The zero-order valence-electron chi connectivity index (χ0n) is 11.0. The lowest BCUT2D eigenvalue weighted by Gasteiger charge is -2.11. The Morgan fingerprint density at radius 1 is 1.25 bits per heavy atom. The quantitative estimate of drug-likeness (QED) is 0.850. The number of hydrogen-bond acceptors (Lipinski definition) is 4. The molecule has 0 radical (unpaired) electrons. The number of aromatic nitrogens is 1. The Bertz CT molecular complexity index is 743. The second kappa shape index (κ2) is 5.09. The predicted molar refractivity (Wildman–Crippen MR) is 75.3 cm³/mol.